The molecule has 7 nitrogen and oxygen atoms in total. The molecule has 7 heteroatoms. The van der Waals surface area contributed by atoms with Gasteiger partial charge in [-0.25, -0.2) is 20.3 Å². The number of pyridine rings is 1. The maximum Gasteiger partial charge on any atom is 0.346 e. The average Bonchev–Trinajstić information content (AvgIpc) is 2.77. The highest BCUT2D eigenvalue weighted by atomic mass is 16.2. The monoisotopic (exact) mass is 260 g/mol. The van der Waals surface area contributed by atoms with Crippen molar-refractivity contribution in [3.05, 3.63) is 40.2 Å². The van der Waals surface area contributed by atoms with Gasteiger partial charge < -0.3 is 5.43 Å². The van der Waals surface area contributed by atoms with Crippen molar-refractivity contribution in [2.45, 2.75) is 32.4 Å². The summed E-state index contributed by atoms with van der Waals surface area (Å²) < 4.78 is 3.24. The van der Waals surface area contributed by atoms with Crippen LogP contribution < -0.4 is 17.0 Å². The van der Waals surface area contributed by atoms with Crippen LogP contribution in [0.15, 0.2) is 23.1 Å². The Labute approximate surface area is 110 Å². The van der Waals surface area contributed by atoms with Gasteiger partial charge in [0.1, 0.15) is 11.6 Å². The Hall–Kier alpha value is -2.15. The molecule has 0 spiro atoms. The molecule has 100 valence electrons. The lowest BCUT2D eigenvalue weighted by Crippen LogP contribution is -2.27. The molecule has 0 amide bonds. The van der Waals surface area contributed by atoms with Gasteiger partial charge in [0, 0.05) is 24.7 Å². The number of fused-ring (bicyclic) bond motifs is 1. The molecule has 3 rings (SSSR count). The molecule has 0 bridgehead atoms. The number of aryl methyl sites for hydroxylation is 1. The lowest BCUT2D eigenvalue weighted by atomic mass is 10.2. The summed E-state index contributed by atoms with van der Waals surface area (Å²) in [5, 5.41) is 4.39. The number of hydrogen-bond donors (Lipinski definition) is 2. The van der Waals surface area contributed by atoms with Crippen molar-refractivity contribution < 1.29 is 0 Å². The van der Waals surface area contributed by atoms with Gasteiger partial charge >= 0.3 is 5.69 Å². The third-order valence-corrected chi connectivity index (χ3v) is 3.38. The number of anilines is 1. The Balaban J connectivity index is 1.95. The molecule has 0 saturated carbocycles. The van der Waals surface area contributed by atoms with E-state index in [9.17, 15) is 4.79 Å². The Bertz CT molecular complexity index is 644. The lowest BCUT2D eigenvalue weighted by molar-refractivity contribution is 0.511. The molecule has 0 unspecified atom stereocenters. The maximum atomic E-state index is 12.2. The molecular weight excluding hydrogens is 244 g/mol. The summed E-state index contributed by atoms with van der Waals surface area (Å²) in [6, 6.07) is 3.70. The van der Waals surface area contributed by atoms with Crippen LogP contribution in [0.2, 0.25) is 0 Å². The predicted octanol–water partition coefficient (Wildman–Crippen LogP) is 0.110. The van der Waals surface area contributed by atoms with E-state index in [4.69, 9.17) is 5.84 Å². The molecule has 0 aromatic carbocycles. The van der Waals surface area contributed by atoms with E-state index in [-0.39, 0.29) is 5.69 Å². The van der Waals surface area contributed by atoms with Gasteiger partial charge in [-0.3, -0.25) is 4.57 Å². The first-order valence-electron chi connectivity index (χ1n) is 6.36. The fraction of sp³-hybridized carbons (Fsp3) is 0.417. The first kappa shape index (κ1) is 11.9. The number of nitrogens with one attached hydrogen (secondary N) is 1. The van der Waals surface area contributed by atoms with Gasteiger partial charge in [0.15, 0.2) is 0 Å². The Morgan fingerprint density at radius 1 is 1.42 bits per heavy atom. The van der Waals surface area contributed by atoms with Crippen LogP contribution in [0, 0.1) is 0 Å². The molecule has 0 aliphatic carbocycles. The van der Waals surface area contributed by atoms with Gasteiger partial charge in [0.25, 0.3) is 0 Å². The highest BCUT2D eigenvalue weighted by molar-refractivity contribution is 5.42. The van der Waals surface area contributed by atoms with Gasteiger partial charge in [-0.15, -0.1) is 0 Å². The first-order chi connectivity index (χ1) is 9.29. The average molecular weight is 260 g/mol. The smallest absolute Gasteiger partial charge is 0.308 e. The second-order valence-corrected chi connectivity index (χ2v) is 4.62. The topological polar surface area (TPSA) is 90.8 Å². The zero-order valence-electron chi connectivity index (χ0n) is 10.5. The molecule has 0 radical (unpaired) electrons. The van der Waals surface area contributed by atoms with Crippen molar-refractivity contribution in [3.8, 4) is 0 Å². The van der Waals surface area contributed by atoms with E-state index in [1.807, 2.05) is 12.1 Å². The van der Waals surface area contributed by atoms with Crippen LogP contribution in [0.5, 0.6) is 0 Å². The predicted molar refractivity (Wildman–Crippen MR) is 70.6 cm³/mol. The van der Waals surface area contributed by atoms with Crippen LogP contribution in [0.25, 0.3) is 0 Å². The fourth-order valence-electron chi connectivity index (χ4n) is 2.41. The standard InChI is InChI=1S/C12H16N6O/c13-15-11-9(4-3-6-14-11)8-18-12(19)17-7-2-1-5-10(17)16-18/h3-4,6H,1-2,5,7-8,13H2,(H,14,15). The van der Waals surface area contributed by atoms with Crippen molar-refractivity contribution in [2.75, 3.05) is 5.43 Å². The first-order valence-corrected chi connectivity index (χ1v) is 6.36. The van der Waals surface area contributed by atoms with E-state index in [1.165, 1.54) is 4.68 Å². The number of aromatic nitrogens is 4. The Kier molecular flexibility index (Phi) is 3.04. The van der Waals surface area contributed by atoms with E-state index in [2.05, 4.69) is 15.5 Å². The molecule has 0 atom stereocenters. The molecular formula is C12H16N6O. The van der Waals surface area contributed by atoms with Crippen LogP contribution in [0.4, 0.5) is 5.82 Å². The molecule has 1 aliphatic rings. The van der Waals surface area contributed by atoms with Gasteiger partial charge in [0.2, 0.25) is 0 Å². The van der Waals surface area contributed by atoms with Crippen LogP contribution in [-0.4, -0.2) is 19.3 Å². The van der Waals surface area contributed by atoms with Crippen molar-refractivity contribution >= 4 is 5.82 Å². The minimum absolute atomic E-state index is 0.0541. The normalized spacial score (nSPS) is 14.2. The molecule has 3 heterocycles. The molecule has 1 aliphatic heterocycles. The Morgan fingerprint density at radius 2 is 2.32 bits per heavy atom. The van der Waals surface area contributed by atoms with E-state index < -0.39 is 0 Å². The van der Waals surface area contributed by atoms with E-state index in [0.29, 0.717) is 12.4 Å². The minimum Gasteiger partial charge on any atom is -0.308 e. The van der Waals surface area contributed by atoms with Gasteiger partial charge in [-0.2, -0.15) is 5.10 Å². The molecule has 2 aromatic rings. The summed E-state index contributed by atoms with van der Waals surface area (Å²) in [6.07, 6.45) is 4.66. The lowest BCUT2D eigenvalue weighted by Gasteiger charge is -2.09. The van der Waals surface area contributed by atoms with E-state index in [1.54, 1.807) is 10.8 Å². The van der Waals surface area contributed by atoms with Crippen LogP contribution in [0.3, 0.4) is 0 Å². The summed E-state index contributed by atoms with van der Waals surface area (Å²) in [6.45, 7) is 1.15. The summed E-state index contributed by atoms with van der Waals surface area (Å²) in [5.74, 6) is 6.86. The number of nitrogens with zero attached hydrogens (tertiary/aromatic N) is 4. The van der Waals surface area contributed by atoms with Crippen LogP contribution >= 0.6 is 0 Å². The number of nitrogens with two attached hydrogens (primary N) is 1. The fourth-order valence-corrected chi connectivity index (χ4v) is 2.41. The number of hydrogen-bond acceptors (Lipinski definition) is 5. The maximum absolute atomic E-state index is 12.2. The quantitative estimate of drug-likeness (QED) is 0.604. The molecule has 0 saturated heterocycles. The van der Waals surface area contributed by atoms with Gasteiger partial charge in [0.05, 0.1) is 6.54 Å². The Morgan fingerprint density at radius 3 is 3.11 bits per heavy atom. The van der Waals surface area contributed by atoms with Gasteiger partial charge in [-0.1, -0.05) is 6.07 Å². The summed E-state index contributed by atoms with van der Waals surface area (Å²) in [4.78, 5) is 16.3. The SMILES string of the molecule is NNc1ncccc1Cn1nc2n(c1=O)CCCC2. The van der Waals surface area contributed by atoms with Crippen LogP contribution in [-0.2, 0) is 19.5 Å². The zero-order chi connectivity index (χ0) is 13.2. The number of nitrogen functional groups attached to an aromatic ring is 1. The van der Waals surface area contributed by atoms with Crippen molar-refractivity contribution in [1.29, 1.82) is 0 Å². The van der Waals surface area contributed by atoms with Crippen molar-refractivity contribution in [2.24, 2.45) is 5.84 Å². The minimum atomic E-state index is -0.0541. The van der Waals surface area contributed by atoms with Crippen molar-refractivity contribution in [3.63, 3.8) is 0 Å². The summed E-state index contributed by atoms with van der Waals surface area (Å²) in [7, 11) is 0. The molecule has 2 aromatic heterocycles. The third kappa shape index (κ3) is 2.12. The highest BCUT2D eigenvalue weighted by Crippen LogP contribution is 2.13. The van der Waals surface area contributed by atoms with Crippen molar-refractivity contribution in [1.82, 2.24) is 19.3 Å². The summed E-state index contributed by atoms with van der Waals surface area (Å²) in [5.41, 5.74) is 3.33. The largest absolute Gasteiger partial charge is 0.346 e. The second-order valence-electron chi connectivity index (χ2n) is 4.62. The number of hydrazine groups is 1. The van der Waals surface area contributed by atoms with E-state index >= 15 is 0 Å². The molecule has 19 heavy (non-hydrogen) atoms. The third-order valence-electron chi connectivity index (χ3n) is 3.38. The molecule has 3 N–H and O–H groups in total. The summed E-state index contributed by atoms with van der Waals surface area (Å²) >= 11 is 0. The van der Waals surface area contributed by atoms with Gasteiger partial charge in [-0.05, 0) is 18.9 Å². The van der Waals surface area contributed by atoms with Crippen LogP contribution in [0.1, 0.15) is 24.2 Å². The van der Waals surface area contributed by atoms with E-state index in [0.717, 1.165) is 37.2 Å². The number of rotatable bonds is 3. The highest BCUT2D eigenvalue weighted by Gasteiger charge is 2.17. The zero-order valence-corrected chi connectivity index (χ0v) is 10.5. The second kappa shape index (κ2) is 4.85. The molecule has 0 fully saturated rings.